The fourth-order valence-corrected chi connectivity index (χ4v) is 5.67. The molecule has 0 aliphatic rings. The van der Waals surface area contributed by atoms with Gasteiger partial charge in [-0.25, -0.2) is 9.59 Å². The van der Waals surface area contributed by atoms with Crippen LogP contribution in [0, 0.1) is 11.3 Å². The van der Waals surface area contributed by atoms with Crippen molar-refractivity contribution in [3.63, 3.8) is 0 Å². The number of benzene rings is 6. The van der Waals surface area contributed by atoms with Crippen LogP contribution in [0.5, 0.6) is 11.5 Å². The van der Waals surface area contributed by atoms with Crippen LogP contribution < -0.4 is 9.64 Å². The second kappa shape index (κ2) is 17.7. The molecule has 0 atom stereocenters. The standard InChI is InChI=1S/C47H36N2O5/c1-3-46(50)52-32-36-15-23-41(24-16-36)49(42-12-8-9-37(29-42)33-53-47(51)4-2)40-21-13-34(14-22-40)30-45(38-10-6-5-7-11-38)39-19-27-44(28-20-39)54-43-25-17-35(31-48)18-26-43/h3-30H,1-2,32-33H2. The summed E-state index contributed by atoms with van der Waals surface area (Å²) in [5.74, 6) is 0.373. The molecular weight excluding hydrogens is 673 g/mol. The highest BCUT2D eigenvalue weighted by Crippen LogP contribution is 2.36. The number of ether oxygens (including phenoxy) is 3. The van der Waals surface area contributed by atoms with E-state index in [1.807, 2.05) is 91.0 Å². The van der Waals surface area contributed by atoms with E-state index < -0.39 is 11.9 Å². The maximum atomic E-state index is 11.8. The molecule has 54 heavy (non-hydrogen) atoms. The summed E-state index contributed by atoms with van der Waals surface area (Å²) < 4.78 is 16.6. The molecule has 0 fully saturated rings. The molecule has 264 valence electrons. The Morgan fingerprint density at radius 1 is 0.593 bits per heavy atom. The Balaban J connectivity index is 1.31. The first-order chi connectivity index (χ1) is 26.4. The van der Waals surface area contributed by atoms with Gasteiger partial charge in [0.2, 0.25) is 0 Å². The minimum absolute atomic E-state index is 0.106. The third kappa shape index (κ3) is 9.46. The van der Waals surface area contributed by atoms with Crippen LogP contribution in [0.25, 0.3) is 11.6 Å². The van der Waals surface area contributed by atoms with Crippen molar-refractivity contribution in [2.75, 3.05) is 4.90 Å². The smallest absolute Gasteiger partial charge is 0.330 e. The lowest BCUT2D eigenvalue weighted by Gasteiger charge is -2.26. The summed E-state index contributed by atoms with van der Waals surface area (Å²) in [6.45, 7) is 7.18. The molecule has 6 aromatic carbocycles. The molecule has 7 nitrogen and oxygen atoms in total. The molecule has 0 aliphatic heterocycles. The molecule has 0 aromatic heterocycles. The van der Waals surface area contributed by atoms with Gasteiger partial charge in [0.1, 0.15) is 24.7 Å². The lowest BCUT2D eigenvalue weighted by molar-refractivity contribution is -0.139. The van der Waals surface area contributed by atoms with E-state index in [4.69, 9.17) is 19.5 Å². The molecule has 0 spiro atoms. The molecule has 6 rings (SSSR count). The van der Waals surface area contributed by atoms with Crippen molar-refractivity contribution in [1.82, 2.24) is 0 Å². The molecule has 0 bridgehead atoms. The molecule has 0 N–H and O–H groups in total. The Kier molecular flexibility index (Phi) is 11.9. The Bertz CT molecular complexity index is 2310. The zero-order chi connectivity index (χ0) is 37.7. The van der Waals surface area contributed by atoms with E-state index in [9.17, 15) is 9.59 Å². The van der Waals surface area contributed by atoms with Crippen molar-refractivity contribution in [3.05, 3.63) is 210 Å². The summed E-state index contributed by atoms with van der Waals surface area (Å²) in [5, 5.41) is 9.10. The quantitative estimate of drug-likeness (QED) is 0.0632. The number of anilines is 3. The van der Waals surface area contributed by atoms with E-state index >= 15 is 0 Å². The molecule has 7 heteroatoms. The van der Waals surface area contributed by atoms with Gasteiger partial charge in [0.05, 0.1) is 11.6 Å². The number of esters is 2. The number of hydrogen-bond donors (Lipinski definition) is 0. The van der Waals surface area contributed by atoms with Gasteiger partial charge in [-0.15, -0.1) is 0 Å². The highest BCUT2D eigenvalue weighted by molar-refractivity contribution is 5.92. The van der Waals surface area contributed by atoms with E-state index in [0.717, 1.165) is 62.6 Å². The van der Waals surface area contributed by atoms with Crippen molar-refractivity contribution in [2.45, 2.75) is 13.2 Å². The largest absolute Gasteiger partial charge is 0.458 e. The normalized spacial score (nSPS) is 10.8. The summed E-state index contributed by atoms with van der Waals surface area (Å²) in [4.78, 5) is 25.5. The van der Waals surface area contributed by atoms with Crippen molar-refractivity contribution < 1.29 is 23.8 Å². The minimum atomic E-state index is -0.490. The number of nitrogens with zero attached hydrogens (tertiary/aromatic N) is 2. The van der Waals surface area contributed by atoms with Crippen molar-refractivity contribution in [1.29, 1.82) is 5.26 Å². The summed E-state index contributed by atoms with van der Waals surface area (Å²) in [7, 11) is 0. The lowest BCUT2D eigenvalue weighted by atomic mass is 9.95. The fourth-order valence-electron chi connectivity index (χ4n) is 5.67. The van der Waals surface area contributed by atoms with Crippen LogP contribution in [0.4, 0.5) is 17.1 Å². The second-order valence-corrected chi connectivity index (χ2v) is 12.1. The van der Waals surface area contributed by atoms with Crippen LogP contribution in [0.15, 0.2) is 177 Å². The summed E-state index contributed by atoms with van der Waals surface area (Å²) in [5.41, 5.74) is 9.01. The van der Waals surface area contributed by atoms with Crippen molar-refractivity contribution >= 4 is 40.6 Å². The summed E-state index contributed by atoms with van der Waals surface area (Å²) in [6, 6.07) is 51.2. The van der Waals surface area contributed by atoms with Gasteiger partial charge in [-0.05, 0) is 112 Å². The van der Waals surface area contributed by atoms with Crippen LogP contribution in [-0.2, 0) is 32.3 Å². The third-order valence-electron chi connectivity index (χ3n) is 8.39. The number of hydrogen-bond acceptors (Lipinski definition) is 7. The van der Waals surface area contributed by atoms with Crippen LogP contribution in [0.1, 0.15) is 33.4 Å². The first-order valence-corrected chi connectivity index (χ1v) is 17.1. The van der Waals surface area contributed by atoms with E-state index in [1.165, 1.54) is 0 Å². The van der Waals surface area contributed by atoms with Crippen LogP contribution in [-0.4, -0.2) is 11.9 Å². The average molecular weight is 709 g/mol. The summed E-state index contributed by atoms with van der Waals surface area (Å²) >= 11 is 0. The average Bonchev–Trinajstić information content (AvgIpc) is 3.23. The SMILES string of the molecule is C=CC(=O)OCc1ccc(N(c2ccc(C=C(c3ccccc3)c3ccc(Oc4ccc(C#N)cc4)cc3)cc2)c2cccc(COC(=O)C=C)c2)cc1. The molecule has 0 aliphatic carbocycles. The molecule has 6 aromatic rings. The Morgan fingerprint density at radius 3 is 1.74 bits per heavy atom. The predicted molar refractivity (Wildman–Crippen MR) is 212 cm³/mol. The zero-order valence-corrected chi connectivity index (χ0v) is 29.4. The topological polar surface area (TPSA) is 88.9 Å². The summed E-state index contributed by atoms with van der Waals surface area (Å²) in [6.07, 6.45) is 4.45. The van der Waals surface area contributed by atoms with Gasteiger partial charge in [-0.2, -0.15) is 5.26 Å². The van der Waals surface area contributed by atoms with Gasteiger partial charge in [0.15, 0.2) is 0 Å². The van der Waals surface area contributed by atoms with Gasteiger partial charge >= 0.3 is 11.9 Å². The number of rotatable bonds is 14. The highest BCUT2D eigenvalue weighted by atomic mass is 16.5. The van der Waals surface area contributed by atoms with Crippen molar-refractivity contribution in [2.24, 2.45) is 0 Å². The maximum absolute atomic E-state index is 11.8. The molecule has 0 amide bonds. The highest BCUT2D eigenvalue weighted by Gasteiger charge is 2.15. The molecule has 0 saturated carbocycles. The van der Waals surface area contributed by atoms with Gasteiger partial charge < -0.3 is 19.1 Å². The fraction of sp³-hybridized carbons (Fsp3) is 0.0426. The number of carbonyl (C=O) groups is 2. The predicted octanol–water partition coefficient (Wildman–Crippen LogP) is 10.9. The third-order valence-corrected chi connectivity index (χ3v) is 8.39. The Labute approximate surface area is 314 Å². The molecule has 0 radical (unpaired) electrons. The van der Waals surface area contributed by atoms with Gasteiger partial charge in [0.25, 0.3) is 0 Å². The first-order valence-electron chi connectivity index (χ1n) is 17.1. The lowest BCUT2D eigenvalue weighted by Crippen LogP contribution is -2.11. The minimum Gasteiger partial charge on any atom is -0.458 e. The van der Waals surface area contributed by atoms with E-state index in [1.54, 1.807) is 24.3 Å². The molecule has 0 saturated heterocycles. The van der Waals surface area contributed by atoms with Crippen LogP contribution in [0.2, 0.25) is 0 Å². The van der Waals surface area contributed by atoms with Crippen LogP contribution >= 0.6 is 0 Å². The second-order valence-electron chi connectivity index (χ2n) is 12.1. The number of nitriles is 1. The molecule has 0 heterocycles. The molecular formula is C47H36N2O5. The van der Waals surface area contributed by atoms with Gasteiger partial charge in [-0.3, -0.25) is 0 Å². The Hall–Kier alpha value is -7.43. The van der Waals surface area contributed by atoms with E-state index in [2.05, 4.69) is 66.6 Å². The van der Waals surface area contributed by atoms with Gasteiger partial charge in [-0.1, -0.05) is 92.0 Å². The monoisotopic (exact) mass is 708 g/mol. The molecule has 0 unspecified atom stereocenters. The maximum Gasteiger partial charge on any atom is 0.330 e. The van der Waals surface area contributed by atoms with Gasteiger partial charge in [0, 0.05) is 29.2 Å². The van der Waals surface area contributed by atoms with E-state index in [-0.39, 0.29) is 13.2 Å². The van der Waals surface area contributed by atoms with Crippen molar-refractivity contribution in [3.8, 4) is 17.6 Å². The van der Waals surface area contributed by atoms with Crippen LogP contribution in [0.3, 0.4) is 0 Å². The zero-order valence-electron chi connectivity index (χ0n) is 29.4. The van der Waals surface area contributed by atoms with E-state index in [0.29, 0.717) is 17.1 Å². The number of carbonyl (C=O) groups excluding carboxylic acids is 2. The Morgan fingerprint density at radius 2 is 1.15 bits per heavy atom. The first kappa shape index (κ1) is 36.4.